The van der Waals surface area contributed by atoms with Crippen molar-refractivity contribution in [3.05, 3.63) is 29.3 Å². The first-order chi connectivity index (χ1) is 14.5. The van der Waals surface area contributed by atoms with Gasteiger partial charge in [0, 0.05) is 0 Å². The van der Waals surface area contributed by atoms with Crippen LogP contribution < -0.4 is 4.52 Å². The highest BCUT2D eigenvalue weighted by Gasteiger charge is 2.25. The molecule has 0 aliphatic carbocycles. The second-order valence-electron chi connectivity index (χ2n) is 8.83. The molecule has 1 rings (SSSR count). The monoisotopic (exact) mass is 438 g/mol. The number of hydrogen-bond acceptors (Lipinski definition) is 3. The van der Waals surface area contributed by atoms with Crippen molar-refractivity contribution in [3.63, 3.8) is 0 Å². The molecule has 174 valence electrons. The van der Waals surface area contributed by atoms with Gasteiger partial charge < -0.3 is 4.52 Å². The molecule has 0 radical (unpaired) electrons. The van der Waals surface area contributed by atoms with Crippen LogP contribution in [-0.4, -0.2) is 12.8 Å². The molecule has 0 heterocycles. The first kappa shape index (κ1) is 27.2. The Hall–Kier alpha value is -0.790. The summed E-state index contributed by atoms with van der Waals surface area (Å²) in [7, 11) is -3.08. The summed E-state index contributed by atoms with van der Waals surface area (Å²) in [5.74, 6) is 0.668. The third-order valence-corrected chi connectivity index (χ3v) is 7.44. The van der Waals surface area contributed by atoms with E-state index in [2.05, 4.69) is 19.9 Å². The molecule has 30 heavy (non-hydrogen) atoms. The molecule has 0 N–H and O–H groups in total. The summed E-state index contributed by atoms with van der Waals surface area (Å²) in [6.07, 6.45) is 18.1. The van der Waals surface area contributed by atoms with E-state index in [9.17, 15) is 4.57 Å². The van der Waals surface area contributed by atoms with E-state index in [1.807, 2.05) is 26.0 Å². The number of benzene rings is 1. The van der Waals surface area contributed by atoms with Gasteiger partial charge in [-0.3, -0.25) is 4.52 Å². The van der Waals surface area contributed by atoms with Gasteiger partial charge in [0.2, 0.25) is 0 Å². The van der Waals surface area contributed by atoms with E-state index in [4.69, 9.17) is 9.05 Å². The normalized spacial score (nSPS) is 13.3. The minimum absolute atomic E-state index is 0.495. The van der Waals surface area contributed by atoms with E-state index in [-0.39, 0.29) is 0 Å². The third kappa shape index (κ3) is 13.5. The number of aryl methyl sites for hydroxylation is 2. The molecule has 1 atom stereocenters. The van der Waals surface area contributed by atoms with Gasteiger partial charge in [-0.2, -0.15) is 0 Å². The molecule has 0 fully saturated rings. The lowest BCUT2D eigenvalue weighted by atomic mass is 10.1. The standard InChI is InChI=1S/C26H47O3P/c1-5-7-9-10-11-12-13-14-15-16-17-18-19-28-30(27,20-8-6-2)29-26-22-24(3)21-25(4)23-26/h21-23H,5-20H2,1-4H3. The van der Waals surface area contributed by atoms with Gasteiger partial charge in [-0.25, -0.2) is 4.57 Å². The molecule has 1 aromatic carbocycles. The zero-order chi connectivity index (χ0) is 22.1. The van der Waals surface area contributed by atoms with Crippen molar-refractivity contribution < 1.29 is 13.6 Å². The maximum Gasteiger partial charge on any atom is 0.379 e. The Morgan fingerprint density at radius 1 is 0.667 bits per heavy atom. The minimum Gasteiger partial charge on any atom is -0.424 e. The Morgan fingerprint density at radius 2 is 1.13 bits per heavy atom. The lowest BCUT2D eigenvalue weighted by Gasteiger charge is -2.20. The van der Waals surface area contributed by atoms with Crippen LogP contribution in [-0.2, 0) is 9.09 Å². The van der Waals surface area contributed by atoms with Crippen LogP contribution in [0.3, 0.4) is 0 Å². The fraction of sp³-hybridized carbons (Fsp3) is 0.769. The van der Waals surface area contributed by atoms with Crippen LogP contribution >= 0.6 is 7.60 Å². The summed E-state index contributed by atoms with van der Waals surface area (Å²) >= 11 is 0. The first-order valence-electron chi connectivity index (χ1n) is 12.5. The average Bonchev–Trinajstić information content (AvgIpc) is 2.69. The molecule has 4 heteroatoms. The Bertz CT molecular complexity index is 580. The predicted molar refractivity (Wildman–Crippen MR) is 131 cm³/mol. The molecular formula is C26H47O3P. The van der Waals surface area contributed by atoms with Crippen molar-refractivity contribution in [2.75, 3.05) is 12.8 Å². The van der Waals surface area contributed by atoms with Crippen molar-refractivity contribution in [2.45, 2.75) is 118 Å². The highest BCUT2D eigenvalue weighted by atomic mass is 31.2. The molecule has 1 unspecified atom stereocenters. The van der Waals surface area contributed by atoms with Crippen LogP contribution in [0.2, 0.25) is 0 Å². The topological polar surface area (TPSA) is 35.5 Å². The van der Waals surface area contributed by atoms with Gasteiger partial charge >= 0.3 is 7.60 Å². The van der Waals surface area contributed by atoms with Crippen molar-refractivity contribution in [1.82, 2.24) is 0 Å². The van der Waals surface area contributed by atoms with Crippen molar-refractivity contribution >= 4 is 7.60 Å². The zero-order valence-corrected chi connectivity index (χ0v) is 21.1. The Labute approximate surface area is 186 Å². The van der Waals surface area contributed by atoms with Crippen molar-refractivity contribution in [3.8, 4) is 5.75 Å². The van der Waals surface area contributed by atoms with Crippen molar-refractivity contribution in [2.24, 2.45) is 0 Å². The van der Waals surface area contributed by atoms with Crippen molar-refractivity contribution in [1.29, 1.82) is 0 Å². The Balaban J connectivity index is 2.21. The van der Waals surface area contributed by atoms with E-state index in [0.717, 1.165) is 36.8 Å². The summed E-state index contributed by atoms with van der Waals surface area (Å²) in [4.78, 5) is 0. The smallest absolute Gasteiger partial charge is 0.379 e. The lowest BCUT2D eigenvalue weighted by Crippen LogP contribution is -2.04. The molecule has 3 nitrogen and oxygen atoms in total. The third-order valence-electron chi connectivity index (χ3n) is 5.51. The molecule has 0 spiro atoms. The number of rotatable bonds is 19. The number of unbranched alkanes of at least 4 members (excludes halogenated alkanes) is 12. The maximum atomic E-state index is 13.2. The van der Waals surface area contributed by atoms with E-state index >= 15 is 0 Å². The average molecular weight is 439 g/mol. The molecule has 0 saturated heterocycles. The molecule has 0 amide bonds. The SMILES string of the molecule is CCCCCCCCCCCCCCOP(=O)(CCCC)Oc1cc(C)cc(C)c1. The van der Waals surface area contributed by atoms with E-state index in [0.29, 0.717) is 18.5 Å². The van der Waals surface area contributed by atoms with Crippen LogP contribution in [0.1, 0.15) is 115 Å². The van der Waals surface area contributed by atoms with Crippen LogP contribution in [0.4, 0.5) is 0 Å². The van der Waals surface area contributed by atoms with Crippen LogP contribution in [0.15, 0.2) is 18.2 Å². The van der Waals surface area contributed by atoms with E-state index in [1.54, 1.807) is 0 Å². The highest BCUT2D eigenvalue weighted by molar-refractivity contribution is 7.54. The van der Waals surface area contributed by atoms with Gasteiger partial charge in [-0.1, -0.05) is 97.0 Å². The van der Waals surface area contributed by atoms with Gasteiger partial charge in [-0.05, 0) is 49.9 Å². The second-order valence-corrected chi connectivity index (χ2v) is 10.9. The molecular weight excluding hydrogens is 391 g/mol. The lowest BCUT2D eigenvalue weighted by molar-refractivity contribution is 0.256. The summed E-state index contributed by atoms with van der Waals surface area (Å²) in [6, 6.07) is 5.98. The molecule has 0 bridgehead atoms. The molecule has 0 aliphatic rings. The van der Waals surface area contributed by atoms with Gasteiger partial charge in [0.25, 0.3) is 0 Å². The largest absolute Gasteiger partial charge is 0.424 e. The van der Waals surface area contributed by atoms with Gasteiger partial charge in [0.15, 0.2) is 0 Å². The van der Waals surface area contributed by atoms with Gasteiger partial charge in [0.1, 0.15) is 5.75 Å². The molecule has 0 aliphatic heterocycles. The van der Waals surface area contributed by atoms with Crippen LogP contribution in [0.25, 0.3) is 0 Å². The first-order valence-corrected chi connectivity index (χ1v) is 14.2. The van der Waals surface area contributed by atoms with Crippen LogP contribution in [0, 0.1) is 13.8 Å². The summed E-state index contributed by atoms with van der Waals surface area (Å²) in [5.41, 5.74) is 2.24. The predicted octanol–water partition coefficient (Wildman–Crippen LogP) is 9.39. The highest BCUT2D eigenvalue weighted by Crippen LogP contribution is 2.49. The summed E-state index contributed by atoms with van der Waals surface area (Å²) in [5, 5.41) is 0. The Morgan fingerprint density at radius 3 is 1.63 bits per heavy atom. The van der Waals surface area contributed by atoms with Gasteiger partial charge in [-0.15, -0.1) is 0 Å². The Kier molecular flexibility index (Phi) is 15.3. The minimum atomic E-state index is -3.08. The zero-order valence-electron chi connectivity index (χ0n) is 20.2. The maximum absolute atomic E-state index is 13.2. The number of hydrogen-bond donors (Lipinski definition) is 0. The molecule has 0 saturated carbocycles. The molecule has 1 aromatic rings. The summed E-state index contributed by atoms with van der Waals surface area (Å²) in [6.45, 7) is 8.97. The fourth-order valence-electron chi connectivity index (χ4n) is 3.78. The molecule has 0 aromatic heterocycles. The quantitative estimate of drug-likeness (QED) is 0.159. The van der Waals surface area contributed by atoms with E-state index in [1.165, 1.54) is 64.2 Å². The van der Waals surface area contributed by atoms with Gasteiger partial charge in [0.05, 0.1) is 12.8 Å². The fourth-order valence-corrected chi connectivity index (χ4v) is 5.59. The second kappa shape index (κ2) is 16.8. The summed E-state index contributed by atoms with van der Waals surface area (Å²) < 4.78 is 25.0. The van der Waals surface area contributed by atoms with E-state index < -0.39 is 7.60 Å². The van der Waals surface area contributed by atoms with Crippen LogP contribution in [0.5, 0.6) is 5.75 Å².